The number of para-hydroxylation sites is 1. The summed E-state index contributed by atoms with van der Waals surface area (Å²) >= 11 is 0. The molecule has 4 rings (SSSR count). The minimum absolute atomic E-state index is 0.000800. The molecule has 2 fully saturated rings. The largest absolute Gasteiger partial charge is 0.461 e. The van der Waals surface area contributed by atoms with E-state index in [1.807, 2.05) is 0 Å². The monoisotopic (exact) mass is 537 g/mol. The van der Waals surface area contributed by atoms with Gasteiger partial charge in [0.05, 0.1) is 6.61 Å². The number of ether oxygens (including phenoxy) is 3. The maximum absolute atomic E-state index is 13.7. The summed E-state index contributed by atoms with van der Waals surface area (Å²) in [7, 11) is -4.10. The predicted molar refractivity (Wildman–Crippen MR) is 132 cm³/mol. The SMILES string of the molecule is Cc1cn([C@H]2CO[C@@H](COP(=O)(NC(C)C(=O)OC3CCCCC3)Oc3ccccc3)O2)c(=O)[nH]c1=O. The van der Waals surface area contributed by atoms with Crippen molar-refractivity contribution in [3.63, 3.8) is 0 Å². The maximum Gasteiger partial charge on any atom is 0.459 e. The number of aromatic nitrogens is 2. The molecule has 1 saturated heterocycles. The zero-order chi connectivity index (χ0) is 26.4. The molecule has 0 amide bonds. The molecular formula is C24H32N3O9P. The van der Waals surface area contributed by atoms with E-state index in [2.05, 4.69) is 10.1 Å². The van der Waals surface area contributed by atoms with Crippen LogP contribution in [-0.4, -0.2) is 47.2 Å². The summed E-state index contributed by atoms with van der Waals surface area (Å²) in [5.41, 5.74) is -0.793. The highest BCUT2D eigenvalue weighted by atomic mass is 31.2. The lowest BCUT2D eigenvalue weighted by atomic mass is 9.98. The number of nitrogens with one attached hydrogen (secondary N) is 2. The normalized spacial score (nSPS) is 22.8. The van der Waals surface area contributed by atoms with Crippen molar-refractivity contribution in [2.75, 3.05) is 13.2 Å². The summed E-state index contributed by atoms with van der Waals surface area (Å²) < 4.78 is 43.0. The molecule has 1 aromatic carbocycles. The summed E-state index contributed by atoms with van der Waals surface area (Å²) in [6.45, 7) is 2.77. The third-order valence-corrected chi connectivity index (χ3v) is 7.72. The van der Waals surface area contributed by atoms with Gasteiger partial charge in [-0.1, -0.05) is 24.6 Å². The van der Waals surface area contributed by atoms with Crippen molar-refractivity contribution >= 4 is 13.7 Å². The number of aryl methyl sites for hydroxylation is 1. The van der Waals surface area contributed by atoms with Crippen molar-refractivity contribution in [3.8, 4) is 5.75 Å². The first kappa shape index (κ1) is 27.3. The van der Waals surface area contributed by atoms with Crippen LogP contribution in [-0.2, 0) is 28.1 Å². The molecule has 13 heteroatoms. The molecule has 2 heterocycles. The second kappa shape index (κ2) is 12.2. The lowest BCUT2D eigenvalue weighted by Gasteiger charge is -2.26. The summed E-state index contributed by atoms with van der Waals surface area (Å²) in [4.78, 5) is 38.7. The van der Waals surface area contributed by atoms with Crippen LogP contribution in [0.25, 0.3) is 0 Å². The first-order valence-electron chi connectivity index (χ1n) is 12.3. The fourth-order valence-corrected chi connectivity index (χ4v) is 5.56. The molecule has 1 aliphatic carbocycles. The summed E-state index contributed by atoms with van der Waals surface area (Å²) in [5, 5.41) is 2.65. The van der Waals surface area contributed by atoms with Crippen molar-refractivity contribution < 1.29 is 32.6 Å². The number of aromatic amines is 1. The summed E-state index contributed by atoms with van der Waals surface area (Å²) in [6, 6.07) is 7.42. The topological polar surface area (TPSA) is 147 Å². The Hall–Kier alpha value is -2.76. The molecule has 2 aliphatic rings. The minimum atomic E-state index is -4.10. The molecule has 0 radical (unpaired) electrons. The second-order valence-corrected chi connectivity index (χ2v) is 10.8. The Labute approximate surface area is 213 Å². The predicted octanol–water partition coefficient (Wildman–Crippen LogP) is 2.77. The molecular weight excluding hydrogens is 505 g/mol. The third kappa shape index (κ3) is 7.39. The molecule has 1 saturated carbocycles. The standard InChI is InChI=1S/C24H32N3O9P/c1-16-13-27(24(30)25-22(16)28)20-14-32-21(35-20)15-33-37(31,36-19-11-7-4-8-12-19)26-17(2)23(29)34-18-9-5-3-6-10-18/h4,7-8,11-13,17-18,20-21H,3,5-6,9-10,14-15H2,1-2H3,(H,26,31)(H,25,28,30)/t17?,20-,21-,37?/m1/s1. The van der Waals surface area contributed by atoms with Gasteiger partial charge in [-0.15, -0.1) is 0 Å². The number of carbonyl (C=O) groups is 1. The van der Waals surface area contributed by atoms with E-state index in [0.717, 1.165) is 32.1 Å². The van der Waals surface area contributed by atoms with Gasteiger partial charge in [-0.3, -0.25) is 23.7 Å². The number of hydrogen-bond acceptors (Lipinski definition) is 9. The van der Waals surface area contributed by atoms with Gasteiger partial charge in [0.1, 0.15) is 24.5 Å². The van der Waals surface area contributed by atoms with Crippen LogP contribution in [0.1, 0.15) is 50.8 Å². The highest BCUT2D eigenvalue weighted by molar-refractivity contribution is 7.52. The molecule has 0 spiro atoms. The van der Waals surface area contributed by atoms with Gasteiger partial charge in [0.15, 0.2) is 12.5 Å². The molecule has 37 heavy (non-hydrogen) atoms. The molecule has 202 valence electrons. The van der Waals surface area contributed by atoms with Gasteiger partial charge >= 0.3 is 19.4 Å². The summed E-state index contributed by atoms with van der Waals surface area (Å²) in [5.74, 6) is -0.277. The van der Waals surface area contributed by atoms with Gasteiger partial charge < -0.3 is 18.7 Å². The fourth-order valence-electron chi connectivity index (χ4n) is 4.08. The third-order valence-electron chi connectivity index (χ3n) is 6.08. The van der Waals surface area contributed by atoms with Gasteiger partial charge in [-0.2, -0.15) is 5.09 Å². The van der Waals surface area contributed by atoms with Crippen molar-refractivity contribution in [1.82, 2.24) is 14.6 Å². The Balaban J connectivity index is 1.40. The number of esters is 1. The number of H-pyrrole nitrogens is 1. The number of rotatable bonds is 10. The minimum Gasteiger partial charge on any atom is -0.461 e. The van der Waals surface area contributed by atoms with Gasteiger partial charge in [0, 0.05) is 11.8 Å². The Kier molecular flexibility index (Phi) is 8.99. The zero-order valence-corrected chi connectivity index (χ0v) is 21.7. The molecule has 2 unspecified atom stereocenters. The highest BCUT2D eigenvalue weighted by Gasteiger charge is 2.36. The van der Waals surface area contributed by atoms with E-state index in [-0.39, 0.29) is 25.1 Å². The van der Waals surface area contributed by atoms with Crippen LogP contribution in [0.3, 0.4) is 0 Å². The van der Waals surface area contributed by atoms with E-state index in [0.29, 0.717) is 5.56 Å². The molecule has 0 bridgehead atoms. The lowest BCUT2D eigenvalue weighted by Crippen LogP contribution is -2.38. The van der Waals surface area contributed by atoms with Gasteiger partial charge in [0.25, 0.3) is 5.56 Å². The van der Waals surface area contributed by atoms with Crippen LogP contribution < -0.4 is 20.9 Å². The second-order valence-electron chi connectivity index (χ2n) is 9.08. The van der Waals surface area contributed by atoms with Crippen LogP contribution in [0.5, 0.6) is 5.75 Å². The number of nitrogens with zero attached hydrogens (tertiary/aromatic N) is 1. The van der Waals surface area contributed by atoms with E-state index in [4.69, 9.17) is 23.3 Å². The van der Waals surface area contributed by atoms with E-state index >= 15 is 0 Å². The molecule has 2 N–H and O–H groups in total. The van der Waals surface area contributed by atoms with Gasteiger partial charge in [-0.05, 0) is 51.7 Å². The highest BCUT2D eigenvalue weighted by Crippen LogP contribution is 2.45. The van der Waals surface area contributed by atoms with E-state index < -0.39 is 43.5 Å². The Morgan fingerprint density at radius 1 is 1.22 bits per heavy atom. The van der Waals surface area contributed by atoms with Crippen molar-refractivity contribution in [3.05, 3.63) is 62.9 Å². The molecule has 4 atom stereocenters. The van der Waals surface area contributed by atoms with Crippen LogP contribution in [0.4, 0.5) is 0 Å². The molecule has 1 aromatic heterocycles. The number of benzene rings is 1. The quantitative estimate of drug-likeness (QED) is 0.342. The zero-order valence-electron chi connectivity index (χ0n) is 20.8. The van der Waals surface area contributed by atoms with Crippen LogP contribution in [0.2, 0.25) is 0 Å². The fraction of sp³-hybridized carbons (Fsp3) is 0.542. The van der Waals surface area contributed by atoms with Crippen LogP contribution >= 0.6 is 7.75 Å². The van der Waals surface area contributed by atoms with Crippen molar-refractivity contribution in [2.24, 2.45) is 0 Å². The molecule has 1 aliphatic heterocycles. The van der Waals surface area contributed by atoms with E-state index in [1.54, 1.807) is 37.3 Å². The van der Waals surface area contributed by atoms with E-state index in [1.165, 1.54) is 17.7 Å². The van der Waals surface area contributed by atoms with Crippen LogP contribution in [0, 0.1) is 6.92 Å². The van der Waals surface area contributed by atoms with Gasteiger partial charge in [0.2, 0.25) is 0 Å². The molecule has 2 aromatic rings. The maximum atomic E-state index is 13.7. The summed E-state index contributed by atoms with van der Waals surface area (Å²) in [6.07, 6.45) is 4.17. The number of carbonyl (C=O) groups excluding carboxylic acids is 1. The first-order chi connectivity index (χ1) is 17.7. The Morgan fingerprint density at radius 3 is 2.68 bits per heavy atom. The number of hydrogen-bond donors (Lipinski definition) is 2. The molecule has 12 nitrogen and oxygen atoms in total. The van der Waals surface area contributed by atoms with Gasteiger partial charge in [-0.25, -0.2) is 9.36 Å². The first-order valence-corrected chi connectivity index (χ1v) is 13.8. The van der Waals surface area contributed by atoms with Crippen molar-refractivity contribution in [1.29, 1.82) is 0 Å². The average molecular weight is 538 g/mol. The van der Waals surface area contributed by atoms with Crippen LogP contribution in [0.15, 0.2) is 46.1 Å². The lowest BCUT2D eigenvalue weighted by molar-refractivity contribution is -0.152. The Bertz CT molecular complexity index is 1230. The average Bonchev–Trinajstić information content (AvgIpc) is 3.35. The van der Waals surface area contributed by atoms with E-state index in [9.17, 15) is 18.9 Å². The smallest absolute Gasteiger partial charge is 0.459 e. The van der Waals surface area contributed by atoms with Crippen molar-refractivity contribution in [2.45, 2.75) is 70.6 Å². The Morgan fingerprint density at radius 2 is 1.95 bits per heavy atom.